The van der Waals surface area contributed by atoms with E-state index in [0.29, 0.717) is 26.6 Å². The van der Waals surface area contributed by atoms with Crippen molar-refractivity contribution in [2.75, 3.05) is 20.3 Å². The van der Waals surface area contributed by atoms with Gasteiger partial charge in [0.1, 0.15) is 22.9 Å². The summed E-state index contributed by atoms with van der Waals surface area (Å²) in [7, 11) is 1.52. The number of benzene rings is 1. The van der Waals surface area contributed by atoms with Crippen LogP contribution < -0.4 is 16.0 Å². The normalized spacial score (nSPS) is 13.1. The van der Waals surface area contributed by atoms with E-state index in [2.05, 4.69) is 4.98 Å². The number of hydrogen-bond donors (Lipinski definition) is 2. The first-order valence-corrected chi connectivity index (χ1v) is 12.3. The summed E-state index contributed by atoms with van der Waals surface area (Å²) in [5.74, 6) is -1.37. The molecule has 1 aromatic carbocycles. The number of aliphatic hydroxyl groups excluding tert-OH is 1. The SMILES string of the molecule is COc1ccccc1[C@H](Cn1c(=O)n(CC(C)C(=O)O)c(=O)c2c(-c3ncco3)c(C)sc21)OCCO. The van der Waals surface area contributed by atoms with Crippen molar-refractivity contribution in [3.05, 3.63) is 68.0 Å². The highest BCUT2D eigenvalue weighted by Crippen LogP contribution is 2.36. The number of nitrogens with zero attached hydrogens (tertiary/aromatic N) is 3. The fraction of sp³-hybridized carbons (Fsp3) is 0.360. The largest absolute Gasteiger partial charge is 0.496 e. The molecule has 0 radical (unpaired) electrons. The van der Waals surface area contributed by atoms with Crippen molar-refractivity contribution < 1.29 is 28.9 Å². The van der Waals surface area contributed by atoms with Crippen LogP contribution in [0.1, 0.15) is 23.5 Å². The van der Waals surface area contributed by atoms with Gasteiger partial charge in [0, 0.05) is 17.0 Å². The van der Waals surface area contributed by atoms with Crippen molar-refractivity contribution in [3.63, 3.8) is 0 Å². The molecular weight excluding hydrogens is 502 g/mol. The molecule has 0 bridgehead atoms. The van der Waals surface area contributed by atoms with Gasteiger partial charge in [0.25, 0.3) is 5.56 Å². The zero-order valence-corrected chi connectivity index (χ0v) is 21.4. The molecule has 11 nitrogen and oxygen atoms in total. The maximum Gasteiger partial charge on any atom is 0.332 e. The lowest BCUT2D eigenvalue weighted by Gasteiger charge is -2.22. The molecule has 2 N–H and O–H groups in total. The van der Waals surface area contributed by atoms with Crippen LogP contribution in [-0.4, -0.2) is 50.6 Å². The topological polar surface area (TPSA) is 146 Å². The Morgan fingerprint density at radius 3 is 2.62 bits per heavy atom. The van der Waals surface area contributed by atoms with Crippen LogP contribution in [0.2, 0.25) is 0 Å². The minimum Gasteiger partial charge on any atom is -0.496 e. The molecule has 0 spiro atoms. The van der Waals surface area contributed by atoms with E-state index in [0.717, 1.165) is 4.57 Å². The second kappa shape index (κ2) is 11.1. The number of methoxy groups -OCH3 is 1. The summed E-state index contributed by atoms with van der Waals surface area (Å²) in [5, 5.41) is 19.1. The molecule has 3 heterocycles. The molecule has 0 fully saturated rings. The van der Waals surface area contributed by atoms with Gasteiger partial charge < -0.3 is 24.1 Å². The second-order valence-electron chi connectivity index (χ2n) is 8.42. The van der Waals surface area contributed by atoms with E-state index >= 15 is 0 Å². The average molecular weight is 530 g/mol. The Morgan fingerprint density at radius 1 is 1.22 bits per heavy atom. The number of oxazole rings is 1. The van der Waals surface area contributed by atoms with E-state index < -0.39 is 29.2 Å². The Kier molecular flexibility index (Phi) is 7.91. The minimum atomic E-state index is -1.13. The first-order valence-electron chi connectivity index (χ1n) is 11.5. The van der Waals surface area contributed by atoms with Crippen LogP contribution in [0.15, 0.2) is 50.7 Å². The number of aryl methyl sites for hydroxylation is 1. The van der Waals surface area contributed by atoms with Gasteiger partial charge in [-0.1, -0.05) is 25.1 Å². The standard InChI is InChI=1S/C25H27N3O8S/c1-14(24(31)32)12-27-22(30)20-19(21-26-8-10-36-21)15(2)37-23(20)28(25(27)33)13-18(35-11-9-29)16-6-4-5-7-17(16)34-3/h4-8,10,14,18,29H,9,11-13H2,1-3H3,(H,31,32)/t14?,18-/m0/s1. The Bertz CT molecular complexity index is 1520. The summed E-state index contributed by atoms with van der Waals surface area (Å²) in [6.07, 6.45) is 2.12. The van der Waals surface area contributed by atoms with E-state index in [4.69, 9.17) is 13.9 Å². The molecule has 3 aromatic heterocycles. The van der Waals surface area contributed by atoms with Gasteiger partial charge >= 0.3 is 11.7 Å². The van der Waals surface area contributed by atoms with Crippen molar-refractivity contribution in [2.45, 2.75) is 33.0 Å². The van der Waals surface area contributed by atoms with Crippen molar-refractivity contribution in [1.29, 1.82) is 0 Å². The van der Waals surface area contributed by atoms with Gasteiger partial charge in [0.05, 0.1) is 49.9 Å². The summed E-state index contributed by atoms with van der Waals surface area (Å²) in [5.41, 5.74) is -0.188. The lowest BCUT2D eigenvalue weighted by molar-refractivity contribution is -0.141. The summed E-state index contributed by atoms with van der Waals surface area (Å²) in [6.45, 7) is 2.64. The van der Waals surface area contributed by atoms with Gasteiger partial charge in [-0.2, -0.15) is 0 Å². The minimum absolute atomic E-state index is 0.00132. The number of aliphatic hydroxyl groups is 1. The number of fused-ring (bicyclic) bond motifs is 1. The summed E-state index contributed by atoms with van der Waals surface area (Å²) < 4.78 is 19.2. The summed E-state index contributed by atoms with van der Waals surface area (Å²) in [4.78, 5) is 44.2. The van der Waals surface area contributed by atoms with Gasteiger partial charge in [0.15, 0.2) is 0 Å². The number of para-hydroxylation sites is 1. The van der Waals surface area contributed by atoms with Crippen LogP contribution >= 0.6 is 11.3 Å². The Labute approximate surface area is 215 Å². The van der Waals surface area contributed by atoms with Crippen molar-refractivity contribution >= 4 is 27.5 Å². The average Bonchev–Trinajstić information content (AvgIpc) is 3.53. The fourth-order valence-electron chi connectivity index (χ4n) is 4.19. The van der Waals surface area contributed by atoms with Crippen molar-refractivity contribution in [3.8, 4) is 17.2 Å². The molecule has 37 heavy (non-hydrogen) atoms. The number of carboxylic acids is 1. The van der Waals surface area contributed by atoms with E-state index in [9.17, 15) is 24.6 Å². The third kappa shape index (κ3) is 5.08. The molecule has 0 aliphatic heterocycles. The molecule has 1 unspecified atom stereocenters. The lowest BCUT2D eigenvalue weighted by atomic mass is 10.1. The fourth-order valence-corrected chi connectivity index (χ4v) is 5.32. The van der Waals surface area contributed by atoms with Crippen LogP contribution in [-0.2, 0) is 22.6 Å². The van der Waals surface area contributed by atoms with E-state index in [1.54, 1.807) is 31.2 Å². The van der Waals surface area contributed by atoms with Crippen LogP contribution in [0, 0.1) is 12.8 Å². The third-order valence-electron chi connectivity index (χ3n) is 6.00. The third-order valence-corrected chi connectivity index (χ3v) is 7.13. The van der Waals surface area contributed by atoms with E-state index in [1.165, 1.54) is 42.4 Å². The Hall–Kier alpha value is -3.74. The second-order valence-corrected chi connectivity index (χ2v) is 9.63. The zero-order valence-electron chi connectivity index (χ0n) is 20.5. The van der Waals surface area contributed by atoms with Gasteiger partial charge in [-0.15, -0.1) is 11.3 Å². The smallest absolute Gasteiger partial charge is 0.332 e. The van der Waals surface area contributed by atoms with Crippen LogP contribution in [0.3, 0.4) is 0 Å². The van der Waals surface area contributed by atoms with Crippen LogP contribution in [0.25, 0.3) is 21.7 Å². The summed E-state index contributed by atoms with van der Waals surface area (Å²) >= 11 is 1.23. The number of aliphatic carboxylic acids is 1. The lowest BCUT2D eigenvalue weighted by Crippen LogP contribution is -2.42. The number of aromatic nitrogens is 3. The molecule has 0 saturated heterocycles. The van der Waals surface area contributed by atoms with Gasteiger partial charge in [-0.05, 0) is 13.0 Å². The van der Waals surface area contributed by atoms with E-state index in [-0.39, 0.29) is 37.6 Å². The first kappa shape index (κ1) is 26.3. The highest BCUT2D eigenvalue weighted by molar-refractivity contribution is 7.19. The molecule has 4 aromatic rings. The quantitative estimate of drug-likeness (QED) is 0.299. The highest BCUT2D eigenvalue weighted by Gasteiger charge is 2.27. The molecule has 4 rings (SSSR count). The molecule has 2 atom stereocenters. The monoisotopic (exact) mass is 529 g/mol. The number of hydrogen-bond acceptors (Lipinski definition) is 9. The predicted molar refractivity (Wildman–Crippen MR) is 136 cm³/mol. The molecule has 12 heteroatoms. The Balaban J connectivity index is 1.98. The van der Waals surface area contributed by atoms with Gasteiger partial charge in [-0.25, -0.2) is 9.78 Å². The number of carboxylic acid groups (broad SMARTS) is 1. The Morgan fingerprint density at radius 2 is 1.97 bits per heavy atom. The van der Waals surface area contributed by atoms with Crippen LogP contribution in [0.4, 0.5) is 0 Å². The molecule has 0 aliphatic carbocycles. The highest BCUT2D eigenvalue weighted by atomic mass is 32.1. The van der Waals surface area contributed by atoms with Gasteiger partial charge in [0.2, 0.25) is 5.89 Å². The molecular formula is C25H27N3O8S. The molecule has 0 saturated carbocycles. The zero-order chi connectivity index (χ0) is 26.7. The van der Waals surface area contributed by atoms with E-state index in [1.807, 2.05) is 0 Å². The maximum absolute atomic E-state index is 13.7. The van der Waals surface area contributed by atoms with Crippen LogP contribution in [0.5, 0.6) is 5.75 Å². The molecule has 0 amide bonds. The summed E-state index contributed by atoms with van der Waals surface area (Å²) in [6, 6.07) is 7.16. The number of rotatable bonds is 11. The van der Waals surface area contributed by atoms with Gasteiger partial charge in [-0.3, -0.25) is 18.7 Å². The number of carbonyl (C=O) groups is 1. The van der Waals surface area contributed by atoms with Crippen molar-refractivity contribution in [2.24, 2.45) is 5.92 Å². The predicted octanol–water partition coefficient (Wildman–Crippen LogP) is 2.67. The first-order chi connectivity index (χ1) is 17.8. The number of thiophene rings is 1. The van der Waals surface area contributed by atoms with Crippen molar-refractivity contribution in [1.82, 2.24) is 14.1 Å². The number of ether oxygens (including phenoxy) is 2. The molecule has 196 valence electrons. The maximum atomic E-state index is 13.7. The molecule has 0 aliphatic rings.